The Bertz CT molecular complexity index is 1000. The Kier molecular flexibility index (Phi) is 6.40. The third-order valence-corrected chi connectivity index (χ3v) is 4.52. The average Bonchev–Trinajstić information content (AvgIpc) is 2.68. The highest BCUT2D eigenvalue weighted by Crippen LogP contribution is 2.15. The molecule has 0 aliphatic heterocycles. The van der Waals surface area contributed by atoms with E-state index in [-0.39, 0.29) is 28.1 Å². The number of amides is 1. The highest BCUT2D eigenvalue weighted by Gasteiger charge is 2.07. The number of carbonyl (C=O) groups excluding carboxylic acids is 1. The molecule has 2 N–H and O–H groups in total. The van der Waals surface area contributed by atoms with Crippen LogP contribution in [0, 0.1) is 0 Å². The fourth-order valence-electron chi connectivity index (χ4n) is 2.11. The van der Waals surface area contributed by atoms with E-state index < -0.39 is 0 Å². The van der Waals surface area contributed by atoms with E-state index in [0.717, 1.165) is 17.3 Å². The van der Waals surface area contributed by atoms with E-state index in [1.165, 1.54) is 0 Å². The third-order valence-electron chi connectivity index (χ3n) is 3.40. The number of aromatic nitrogens is 3. The van der Waals surface area contributed by atoms with Crippen LogP contribution < -0.4 is 10.9 Å². The second-order valence-electron chi connectivity index (χ2n) is 5.43. The van der Waals surface area contributed by atoms with Crippen molar-refractivity contribution in [3.8, 4) is 0 Å². The van der Waals surface area contributed by atoms with Crippen LogP contribution in [0.4, 0.5) is 5.69 Å². The average molecular weight is 399 g/mol. The molecular formula is C19H15ClN4O2S. The maximum absolute atomic E-state index is 12.1. The van der Waals surface area contributed by atoms with Crippen molar-refractivity contribution in [1.29, 1.82) is 0 Å². The summed E-state index contributed by atoms with van der Waals surface area (Å²) in [4.78, 5) is 26.7. The quantitative estimate of drug-likeness (QED) is 0.618. The monoisotopic (exact) mass is 398 g/mol. The van der Waals surface area contributed by atoms with Crippen molar-refractivity contribution in [2.75, 3.05) is 11.1 Å². The van der Waals surface area contributed by atoms with Crippen LogP contribution in [0.1, 0.15) is 11.3 Å². The van der Waals surface area contributed by atoms with Crippen molar-refractivity contribution in [2.24, 2.45) is 0 Å². The molecule has 3 rings (SSSR count). The minimum Gasteiger partial charge on any atom is -0.325 e. The van der Waals surface area contributed by atoms with Gasteiger partial charge in [-0.15, -0.1) is 10.2 Å². The second kappa shape index (κ2) is 9.16. The summed E-state index contributed by atoms with van der Waals surface area (Å²) in [6, 6.07) is 16.4. The van der Waals surface area contributed by atoms with Gasteiger partial charge in [0.05, 0.1) is 5.75 Å². The molecule has 1 heterocycles. The molecule has 0 aliphatic carbocycles. The number of H-pyrrole nitrogens is 1. The van der Waals surface area contributed by atoms with Crippen LogP contribution in [0.5, 0.6) is 0 Å². The SMILES string of the molecule is O=C(CSc1nnc(/C=C/c2ccccc2)c(=O)[nH]1)Nc1ccc(Cl)cc1. The first-order valence-electron chi connectivity index (χ1n) is 7.98. The summed E-state index contributed by atoms with van der Waals surface area (Å²) >= 11 is 6.90. The first kappa shape index (κ1) is 18.9. The lowest BCUT2D eigenvalue weighted by molar-refractivity contribution is -0.113. The number of rotatable bonds is 6. The summed E-state index contributed by atoms with van der Waals surface area (Å²) in [7, 11) is 0. The molecule has 136 valence electrons. The number of hydrogen-bond acceptors (Lipinski definition) is 5. The van der Waals surface area contributed by atoms with Crippen LogP contribution in [-0.4, -0.2) is 26.8 Å². The van der Waals surface area contributed by atoms with Gasteiger partial charge >= 0.3 is 0 Å². The van der Waals surface area contributed by atoms with E-state index in [1.807, 2.05) is 30.3 Å². The Balaban J connectivity index is 1.57. The van der Waals surface area contributed by atoms with Crippen molar-refractivity contribution in [3.63, 3.8) is 0 Å². The van der Waals surface area contributed by atoms with Gasteiger partial charge < -0.3 is 5.32 Å². The number of carbonyl (C=O) groups is 1. The van der Waals surface area contributed by atoms with Gasteiger partial charge in [-0.05, 0) is 35.9 Å². The van der Waals surface area contributed by atoms with Crippen molar-refractivity contribution in [2.45, 2.75) is 5.16 Å². The van der Waals surface area contributed by atoms with Crippen LogP contribution in [0.15, 0.2) is 64.5 Å². The van der Waals surface area contributed by atoms with E-state index in [0.29, 0.717) is 10.7 Å². The molecule has 1 amide bonds. The van der Waals surface area contributed by atoms with Gasteiger partial charge in [-0.25, -0.2) is 0 Å². The van der Waals surface area contributed by atoms with Gasteiger partial charge in [0.15, 0.2) is 10.9 Å². The standard InChI is InChI=1S/C19H15ClN4O2S/c20-14-7-9-15(10-8-14)21-17(25)12-27-19-22-18(26)16(23-24-19)11-6-13-4-2-1-3-5-13/h1-11H,12H2,(H,21,25)(H,22,24,26)/b11-6+. The van der Waals surface area contributed by atoms with Gasteiger partial charge in [-0.1, -0.05) is 59.8 Å². The lowest BCUT2D eigenvalue weighted by Crippen LogP contribution is -2.17. The van der Waals surface area contributed by atoms with E-state index in [1.54, 1.807) is 36.4 Å². The van der Waals surface area contributed by atoms with Gasteiger partial charge in [0.25, 0.3) is 5.56 Å². The molecule has 0 atom stereocenters. The molecular weight excluding hydrogens is 384 g/mol. The molecule has 8 heteroatoms. The summed E-state index contributed by atoms with van der Waals surface area (Å²) < 4.78 is 0. The zero-order valence-corrected chi connectivity index (χ0v) is 15.6. The smallest absolute Gasteiger partial charge is 0.277 e. The number of aromatic amines is 1. The zero-order valence-electron chi connectivity index (χ0n) is 14.1. The summed E-state index contributed by atoms with van der Waals surface area (Å²) in [5, 5.41) is 11.5. The topological polar surface area (TPSA) is 87.7 Å². The summed E-state index contributed by atoms with van der Waals surface area (Å²) in [5.41, 5.74) is 1.44. The van der Waals surface area contributed by atoms with E-state index in [4.69, 9.17) is 11.6 Å². The summed E-state index contributed by atoms with van der Waals surface area (Å²) in [5.74, 6) is -0.134. The van der Waals surface area contributed by atoms with Gasteiger partial charge in [0, 0.05) is 10.7 Å². The van der Waals surface area contributed by atoms with E-state index in [2.05, 4.69) is 20.5 Å². The number of halogens is 1. The Hall–Kier alpha value is -2.90. The highest BCUT2D eigenvalue weighted by atomic mass is 35.5. The van der Waals surface area contributed by atoms with Crippen LogP contribution >= 0.6 is 23.4 Å². The Labute approximate surface area is 164 Å². The van der Waals surface area contributed by atoms with Gasteiger partial charge in [0.1, 0.15) is 0 Å². The number of nitrogens with zero attached hydrogens (tertiary/aromatic N) is 2. The molecule has 3 aromatic rings. The predicted octanol–water partition coefficient (Wildman–Crippen LogP) is 3.72. The number of nitrogens with one attached hydrogen (secondary N) is 2. The molecule has 6 nitrogen and oxygen atoms in total. The van der Waals surface area contributed by atoms with E-state index >= 15 is 0 Å². The van der Waals surface area contributed by atoms with Gasteiger partial charge in [-0.3, -0.25) is 14.6 Å². The number of anilines is 1. The molecule has 0 radical (unpaired) electrons. The van der Waals surface area contributed by atoms with Crippen LogP contribution in [0.2, 0.25) is 5.02 Å². The summed E-state index contributed by atoms with van der Waals surface area (Å²) in [6.07, 6.45) is 3.38. The zero-order chi connectivity index (χ0) is 19.1. The lowest BCUT2D eigenvalue weighted by Gasteiger charge is -2.04. The van der Waals surface area contributed by atoms with E-state index in [9.17, 15) is 9.59 Å². The first-order chi connectivity index (χ1) is 13.1. The fraction of sp³-hybridized carbons (Fsp3) is 0.0526. The number of thioether (sulfide) groups is 1. The maximum atomic E-state index is 12.1. The lowest BCUT2D eigenvalue weighted by atomic mass is 10.2. The normalized spacial score (nSPS) is 10.9. The summed E-state index contributed by atoms with van der Waals surface area (Å²) in [6.45, 7) is 0. The minimum atomic E-state index is -0.363. The van der Waals surface area contributed by atoms with Crippen molar-refractivity contribution in [1.82, 2.24) is 15.2 Å². The van der Waals surface area contributed by atoms with Crippen LogP contribution in [-0.2, 0) is 4.79 Å². The first-order valence-corrected chi connectivity index (χ1v) is 9.35. The molecule has 1 aromatic heterocycles. The molecule has 0 aliphatic rings. The van der Waals surface area contributed by atoms with Gasteiger partial charge in [0.2, 0.25) is 5.91 Å². The maximum Gasteiger partial charge on any atom is 0.277 e. The molecule has 2 aromatic carbocycles. The second-order valence-corrected chi connectivity index (χ2v) is 6.83. The number of benzene rings is 2. The Morgan fingerprint density at radius 2 is 1.81 bits per heavy atom. The third kappa shape index (κ3) is 5.80. The van der Waals surface area contributed by atoms with Crippen LogP contribution in [0.25, 0.3) is 12.2 Å². The molecule has 0 saturated carbocycles. The molecule has 0 spiro atoms. The predicted molar refractivity (Wildman–Crippen MR) is 109 cm³/mol. The molecule has 0 fully saturated rings. The molecule has 0 bridgehead atoms. The molecule has 27 heavy (non-hydrogen) atoms. The highest BCUT2D eigenvalue weighted by molar-refractivity contribution is 7.99. The van der Waals surface area contributed by atoms with Crippen molar-refractivity contribution >= 4 is 47.1 Å². The van der Waals surface area contributed by atoms with Crippen LogP contribution in [0.3, 0.4) is 0 Å². The van der Waals surface area contributed by atoms with Crippen molar-refractivity contribution in [3.05, 3.63) is 81.2 Å². The Morgan fingerprint density at radius 1 is 1.07 bits per heavy atom. The Morgan fingerprint density at radius 3 is 2.52 bits per heavy atom. The fourth-order valence-corrected chi connectivity index (χ4v) is 2.84. The largest absolute Gasteiger partial charge is 0.325 e. The van der Waals surface area contributed by atoms with Gasteiger partial charge in [-0.2, -0.15) is 0 Å². The molecule has 0 saturated heterocycles. The molecule has 0 unspecified atom stereocenters. The van der Waals surface area contributed by atoms with Crippen molar-refractivity contribution < 1.29 is 4.79 Å². The minimum absolute atomic E-state index is 0.0897. The number of hydrogen-bond donors (Lipinski definition) is 2.